The van der Waals surface area contributed by atoms with Gasteiger partial charge in [-0.2, -0.15) is 0 Å². The van der Waals surface area contributed by atoms with E-state index in [0.717, 1.165) is 11.0 Å². The molecule has 9 heteroatoms. The first kappa shape index (κ1) is 16.2. The van der Waals surface area contributed by atoms with Crippen LogP contribution in [-0.4, -0.2) is 35.8 Å². The van der Waals surface area contributed by atoms with Gasteiger partial charge in [-0.3, -0.25) is 15.2 Å². The first-order valence-electron chi connectivity index (χ1n) is 5.54. The fraction of sp³-hybridized carbons (Fsp3) is 0.273. The minimum Gasteiger partial charge on any atom is -0.504 e. The second-order valence-corrected chi connectivity index (χ2v) is 4.52. The molecule has 0 aliphatic carbocycles. The molecule has 1 aromatic rings. The number of hydrogen-bond donors (Lipinski definition) is 4. The van der Waals surface area contributed by atoms with Crippen LogP contribution in [0.4, 0.5) is 10.5 Å². The molecule has 110 valence electrons. The number of aromatic hydroxyl groups is 2. The van der Waals surface area contributed by atoms with Gasteiger partial charge in [0.1, 0.15) is 5.02 Å². The van der Waals surface area contributed by atoms with Gasteiger partial charge in [0, 0.05) is 19.7 Å². The second-order valence-electron chi connectivity index (χ2n) is 3.74. The van der Waals surface area contributed by atoms with E-state index in [0.29, 0.717) is 6.54 Å². The molecule has 7 nitrogen and oxygen atoms in total. The first-order chi connectivity index (χ1) is 9.29. The van der Waals surface area contributed by atoms with Crippen LogP contribution in [0.5, 0.6) is 11.5 Å². The number of nitrogens with zero attached hydrogens (tertiary/aromatic N) is 2. The zero-order chi connectivity index (χ0) is 15.4. The number of phenols is 2. The van der Waals surface area contributed by atoms with Gasteiger partial charge in [0.05, 0.1) is 10.7 Å². The van der Waals surface area contributed by atoms with Gasteiger partial charge in [-0.05, 0) is 6.92 Å². The molecular formula is C11H14Cl2N4O3. The van der Waals surface area contributed by atoms with Gasteiger partial charge in [-0.1, -0.05) is 23.2 Å². The van der Waals surface area contributed by atoms with E-state index in [-0.39, 0.29) is 21.7 Å². The standard InChI is InChI=1S/C11H14Cl2N4O3/c1-3-15-10(14)16-11(20)17(2)8-5(12)4-6(18)9(19)7(8)13/h4,18-19H,3H2,1-2H3,(H3,14,15,16,20). The van der Waals surface area contributed by atoms with Crippen LogP contribution in [0.2, 0.25) is 10.0 Å². The Kier molecular flexibility index (Phi) is 5.29. The number of urea groups is 1. The van der Waals surface area contributed by atoms with E-state index in [9.17, 15) is 15.0 Å². The SMILES string of the molecule is CCN=C(N)NC(=O)N(C)c1c(Cl)cc(O)c(O)c1Cl. The molecule has 0 atom stereocenters. The summed E-state index contributed by atoms with van der Waals surface area (Å²) in [5, 5.41) is 21.0. The number of amides is 2. The molecule has 0 aliphatic heterocycles. The molecule has 5 N–H and O–H groups in total. The predicted molar refractivity (Wildman–Crippen MR) is 78.9 cm³/mol. The van der Waals surface area contributed by atoms with Gasteiger partial charge in [-0.25, -0.2) is 4.79 Å². The van der Waals surface area contributed by atoms with Crippen molar-refractivity contribution in [3.8, 4) is 11.5 Å². The first-order valence-corrected chi connectivity index (χ1v) is 6.29. The van der Waals surface area contributed by atoms with Crippen LogP contribution in [0.25, 0.3) is 0 Å². The average molecular weight is 321 g/mol. The summed E-state index contributed by atoms with van der Waals surface area (Å²) in [6.45, 7) is 2.17. The van der Waals surface area contributed by atoms with Crippen LogP contribution >= 0.6 is 23.2 Å². The van der Waals surface area contributed by atoms with E-state index in [1.165, 1.54) is 7.05 Å². The number of halogens is 2. The van der Waals surface area contributed by atoms with Crippen molar-refractivity contribution in [2.75, 3.05) is 18.5 Å². The lowest BCUT2D eigenvalue weighted by Crippen LogP contribution is -2.44. The number of rotatable bonds is 2. The molecule has 1 aromatic carbocycles. The lowest BCUT2D eigenvalue weighted by molar-refractivity contribution is 0.251. The van der Waals surface area contributed by atoms with E-state index in [2.05, 4.69) is 10.3 Å². The van der Waals surface area contributed by atoms with Gasteiger partial charge < -0.3 is 15.9 Å². The monoisotopic (exact) mass is 320 g/mol. The minimum atomic E-state index is -0.645. The van der Waals surface area contributed by atoms with Crippen molar-refractivity contribution in [1.29, 1.82) is 0 Å². The fourth-order valence-corrected chi connectivity index (χ4v) is 2.10. The number of benzene rings is 1. The van der Waals surface area contributed by atoms with Crippen molar-refractivity contribution in [3.05, 3.63) is 16.1 Å². The highest BCUT2D eigenvalue weighted by atomic mass is 35.5. The highest BCUT2D eigenvalue weighted by Gasteiger charge is 2.22. The quantitative estimate of drug-likeness (QED) is 0.378. The largest absolute Gasteiger partial charge is 0.504 e. The zero-order valence-corrected chi connectivity index (χ0v) is 12.3. The van der Waals surface area contributed by atoms with Gasteiger partial charge in [0.15, 0.2) is 17.5 Å². The molecule has 1 rings (SSSR count). The van der Waals surface area contributed by atoms with Crippen molar-refractivity contribution in [1.82, 2.24) is 5.32 Å². The highest BCUT2D eigenvalue weighted by Crippen LogP contribution is 2.44. The lowest BCUT2D eigenvalue weighted by atomic mass is 10.2. The van der Waals surface area contributed by atoms with Gasteiger partial charge in [0.25, 0.3) is 0 Å². The summed E-state index contributed by atoms with van der Waals surface area (Å²) in [6.07, 6.45) is 0. The third-order valence-corrected chi connectivity index (χ3v) is 3.00. The highest BCUT2D eigenvalue weighted by molar-refractivity contribution is 6.41. The summed E-state index contributed by atoms with van der Waals surface area (Å²) in [4.78, 5) is 16.8. The summed E-state index contributed by atoms with van der Waals surface area (Å²) in [6, 6.07) is 0.430. The Bertz CT molecular complexity index is 563. The van der Waals surface area contributed by atoms with Gasteiger partial charge in [0.2, 0.25) is 0 Å². The number of hydrogen-bond acceptors (Lipinski definition) is 4. The van der Waals surface area contributed by atoms with E-state index in [4.69, 9.17) is 28.9 Å². The number of guanidine groups is 1. The maximum atomic E-state index is 11.9. The predicted octanol–water partition coefficient (Wildman–Crippen LogP) is 1.89. The Balaban J connectivity index is 3.10. The fourth-order valence-electron chi connectivity index (χ4n) is 1.40. The number of carbonyl (C=O) groups is 1. The Morgan fingerprint density at radius 1 is 1.50 bits per heavy atom. The van der Waals surface area contributed by atoms with Crippen molar-refractivity contribution < 1.29 is 15.0 Å². The normalized spacial score (nSPS) is 11.3. The van der Waals surface area contributed by atoms with E-state index in [1.807, 2.05) is 0 Å². The van der Waals surface area contributed by atoms with E-state index in [1.54, 1.807) is 6.92 Å². The molecule has 2 amide bonds. The van der Waals surface area contributed by atoms with Crippen LogP contribution in [-0.2, 0) is 0 Å². The number of nitrogens with one attached hydrogen (secondary N) is 1. The molecule has 0 saturated heterocycles. The second kappa shape index (κ2) is 6.53. The Morgan fingerprint density at radius 2 is 2.10 bits per heavy atom. The van der Waals surface area contributed by atoms with Crippen molar-refractivity contribution in [2.24, 2.45) is 10.7 Å². The van der Waals surface area contributed by atoms with Crippen molar-refractivity contribution >= 4 is 40.9 Å². The zero-order valence-electron chi connectivity index (χ0n) is 10.8. The minimum absolute atomic E-state index is 0.00560. The van der Waals surface area contributed by atoms with E-state index < -0.39 is 17.5 Å². The van der Waals surface area contributed by atoms with Gasteiger partial charge >= 0.3 is 6.03 Å². The summed E-state index contributed by atoms with van der Waals surface area (Å²) in [7, 11) is 1.37. The Labute approximate surface area is 125 Å². The van der Waals surface area contributed by atoms with Crippen molar-refractivity contribution in [3.63, 3.8) is 0 Å². The van der Waals surface area contributed by atoms with Crippen LogP contribution < -0.4 is 16.0 Å². The maximum absolute atomic E-state index is 11.9. The molecule has 0 spiro atoms. The Hall–Kier alpha value is -1.86. The van der Waals surface area contributed by atoms with Gasteiger partial charge in [-0.15, -0.1) is 0 Å². The number of anilines is 1. The summed E-state index contributed by atoms with van der Waals surface area (Å²) >= 11 is 11.8. The lowest BCUT2D eigenvalue weighted by Gasteiger charge is -2.21. The van der Waals surface area contributed by atoms with Crippen LogP contribution in [0.3, 0.4) is 0 Å². The third kappa shape index (κ3) is 3.37. The maximum Gasteiger partial charge on any atom is 0.328 e. The number of phenolic OH excluding ortho intramolecular Hbond substituents is 2. The summed E-state index contributed by atoms with van der Waals surface area (Å²) in [5.74, 6) is -1.11. The molecule has 0 fully saturated rings. The molecular weight excluding hydrogens is 307 g/mol. The topological polar surface area (TPSA) is 111 Å². The molecule has 0 radical (unpaired) electrons. The molecule has 0 aliphatic rings. The molecule has 0 unspecified atom stereocenters. The average Bonchev–Trinajstić information content (AvgIpc) is 2.36. The van der Waals surface area contributed by atoms with Crippen LogP contribution in [0, 0.1) is 0 Å². The number of nitrogens with two attached hydrogens (primary N) is 1. The summed E-state index contributed by atoms with van der Waals surface area (Å²) < 4.78 is 0. The van der Waals surface area contributed by atoms with E-state index >= 15 is 0 Å². The smallest absolute Gasteiger partial charge is 0.328 e. The molecule has 0 heterocycles. The molecule has 0 saturated carbocycles. The molecule has 0 aromatic heterocycles. The van der Waals surface area contributed by atoms with Crippen LogP contribution in [0.1, 0.15) is 6.92 Å². The summed E-state index contributed by atoms with van der Waals surface area (Å²) in [5.41, 5.74) is 5.50. The van der Waals surface area contributed by atoms with Crippen molar-refractivity contribution in [2.45, 2.75) is 6.92 Å². The molecule has 20 heavy (non-hydrogen) atoms. The third-order valence-electron chi connectivity index (χ3n) is 2.35. The Morgan fingerprint density at radius 3 is 2.65 bits per heavy atom. The van der Waals surface area contributed by atoms with Crippen LogP contribution in [0.15, 0.2) is 11.1 Å². The number of carbonyl (C=O) groups excluding carboxylic acids is 1. The number of aliphatic imine (C=N–C) groups is 1. The molecule has 0 bridgehead atoms.